The van der Waals surface area contributed by atoms with Crippen LogP contribution in [0.2, 0.25) is 0 Å². The molecule has 0 bridgehead atoms. The molecule has 0 unspecified atom stereocenters. The van der Waals surface area contributed by atoms with Gasteiger partial charge in [-0.05, 0) is 24.3 Å². The summed E-state index contributed by atoms with van der Waals surface area (Å²) in [6, 6.07) is 4.96. The molecule has 2 N–H and O–H groups in total. The van der Waals surface area contributed by atoms with Crippen LogP contribution in [0.5, 0.6) is 5.75 Å². The monoisotopic (exact) mass is 376 g/mol. The van der Waals surface area contributed by atoms with Gasteiger partial charge in [0.1, 0.15) is 12.4 Å². The van der Waals surface area contributed by atoms with Gasteiger partial charge in [0.15, 0.2) is 6.54 Å². The Bertz CT molecular complexity index is 614. The Morgan fingerprint density at radius 2 is 1.81 bits per heavy atom. The van der Waals surface area contributed by atoms with Crippen LogP contribution in [0, 0.1) is 0 Å². The smallest absolute Gasteiger partial charge is 0.406 e. The summed E-state index contributed by atoms with van der Waals surface area (Å²) in [5.41, 5.74) is 0.387. The topological polar surface area (TPSA) is 72.3 Å². The first kappa shape index (κ1) is 20.0. The van der Waals surface area contributed by atoms with Crippen molar-refractivity contribution in [1.82, 2.24) is 4.90 Å². The number of carbonyl (C=O) groups is 2. The summed E-state index contributed by atoms with van der Waals surface area (Å²) in [5.74, 6) is -0.670. The van der Waals surface area contributed by atoms with Crippen molar-refractivity contribution in [3.05, 3.63) is 24.3 Å². The van der Waals surface area contributed by atoms with Crippen LogP contribution >= 0.6 is 0 Å². The molecule has 0 aliphatic carbocycles. The molecule has 0 spiro atoms. The molecule has 2 rings (SSSR count). The first-order chi connectivity index (χ1) is 12.3. The standard InChI is InChI=1S/C16H20F3N3O4/c1-25-11-15(24)22-8-6-21(7-9-22)10-14(23)20-12-2-4-13(5-3-12)26-16(17,18)19/h2-5H,6-11H2,1H3,(H,20,23)/p+1. The summed E-state index contributed by atoms with van der Waals surface area (Å²) in [4.78, 5) is 26.5. The molecular formula is C16H21F3N3O4+. The van der Waals surface area contributed by atoms with Gasteiger partial charge in [0, 0.05) is 12.8 Å². The van der Waals surface area contributed by atoms with Crippen LogP contribution in [0.3, 0.4) is 0 Å². The molecule has 26 heavy (non-hydrogen) atoms. The third-order valence-electron chi connectivity index (χ3n) is 3.87. The van der Waals surface area contributed by atoms with Gasteiger partial charge >= 0.3 is 6.36 Å². The summed E-state index contributed by atoms with van der Waals surface area (Å²) < 4.78 is 44.9. The van der Waals surface area contributed by atoms with Gasteiger partial charge in [0.25, 0.3) is 5.91 Å². The first-order valence-electron chi connectivity index (χ1n) is 8.03. The molecule has 0 aromatic heterocycles. The van der Waals surface area contributed by atoms with E-state index >= 15 is 0 Å². The molecule has 144 valence electrons. The summed E-state index contributed by atoms with van der Waals surface area (Å²) in [6.45, 7) is 2.64. The number of ether oxygens (including phenoxy) is 2. The maximum absolute atomic E-state index is 12.1. The molecule has 0 saturated carbocycles. The predicted molar refractivity (Wildman–Crippen MR) is 85.8 cm³/mol. The number of halogens is 3. The quantitative estimate of drug-likeness (QED) is 0.727. The summed E-state index contributed by atoms with van der Waals surface area (Å²) in [5, 5.41) is 2.64. The number of hydrogen-bond donors (Lipinski definition) is 2. The summed E-state index contributed by atoms with van der Waals surface area (Å²) >= 11 is 0. The fourth-order valence-electron chi connectivity index (χ4n) is 2.64. The number of nitrogens with zero attached hydrogens (tertiary/aromatic N) is 1. The molecule has 0 radical (unpaired) electrons. The fourth-order valence-corrected chi connectivity index (χ4v) is 2.64. The zero-order valence-corrected chi connectivity index (χ0v) is 14.3. The number of quaternary nitrogens is 1. The highest BCUT2D eigenvalue weighted by molar-refractivity contribution is 5.91. The molecule has 0 atom stereocenters. The highest BCUT2D eigenvalue weighted by atomic mass is 19.4. The molecule has 2 amide bonds. The number of piperazine rings is 1. The van der Waals surface area contributed by atoms with Crippen LogP contribution in [0.1, 0.15) is 0 Å². The molecule has 1 aliphatic heterocycles. The lowest BCUT2D eigenvalue weighted by Gasteiger charge is -2.31. The number of methoxy groups -OCH3 is 1. The van der Waals surface area contributed by atoms with Gasteiger partial charge in [-0.15, -0.1) is 13.2 Å². The van der Waals surface area contributed by atoms with Crippen molar-refractivity contribution in [2.75, 3.05) is 51.8 Å². The number of benzene rings is 1. The largest absolute Gasteiger partial charge is 0.573 e. The number of carbonyl (C=O) groups excluding carboxylic acids is 2. The van der Waals surface area contributed by atoms with Crippen LogP contribution in [0.15, 0.2) is 24.3 Å². The second kappa shape index (κ2) is 8.86. The van der Waals surface area contributed by atoms with Gasteiger partial charge < -0.3 is 24.6 Å². The van der Waals surface area contributed by atoms with Crippen molar-refractivity contribution >= 4 is 17.5 Å². The molecule has 1 aromatic rings. The Morgan fingerprint density at radius 1 is 1.19 bits per heavy atom. The minimum atomic E-state index is -4.75. The van der Waals surface area contributed by atoms with Crippen molar-refractivity contribution in [3.8, 4) is 5.75 Å². The normalized spacial score (nSPS) is 15.6. The molecule has 10 heteroatoms. The first-order valence-corrected chi connectivity index (χ1v) is 8.03. The van der Waals surface area contributed by atoms with E-state index in [9.17, 15) is 22.8 Å². The number of nitrogens with one attached hydrogen (secondary N) is 2. The average molecular weight is 376 g/mol. The van der Waals surface area contributed by atoms with Crippen molar-refractivity contribution in [3.63, 3.8) is 0 Å². The van der Waals surface area contributed by atoms with E-state index in [1.54, 1.807) is 4.90 Å². The predicted octanol–water partition coefficient (Wildman–Crippen LogP) is -0.103. The van der Waals surface area contributed by atoms with E-state index in [0.717, 1.165) is 17.0 Å². The maximum Gasteiger partial charge on any atom is 0.573 e. The van der Waals surface area contributed by atoms with Crippen molar-refractivity contribution in [1.29, 1.82) is 0 Å². The van der Waals surface area contributed by atoms with Crippen LogP contribution in [-0.2, 0) is 14.3 Å². The fraction of sp³-hybridized carbons (Fsp3) is 0.500. The molecule has 1 saturated heterocycles. The minimum absolute atomic E-state index is 0.0455. The number of rotatable bonds is 6. The molecule has 1 aliphatic rings. The Morgan fingerprint density at radius 3 is 2.35 bits per heavy atom. The van der Waals surface area contributed by atoms with Crippen molar-refractivity contribution < 1.29 is 37.1 Å². The highest BCUT2D eigenvalue weighted by Gasteiger charge is 2.31. The van der Waals surface area contributed by atoms with Gasteiger partial charge in [-0.25, -0.2) is 0 Å². The van der Waals surface area contributed by atoms with E-state index in [1.165, 1.54) is 19.2 Å². The zero-order chi connectivity index (χ0) is 19.2. The maximum atomic E-state index is 12.1. The zero-order valence-electron chi connectivity index (χ0n) is 14.3. The van der Waals surface area contributed by atoms with E-state index in [2.05, 4.69) is 10.1 Å². The Kier molecular flexibility index (Phi) is 6.81. The minimum Gasteiger partial charge on any atom is -0.406 e. The van der Waals surface area contributed by atoms with Crippen LogP contribution in [0.4, 0.5) is 18.9 Å². The number of amides is 2. The molecule has 7 nitrogen and oxygen atoms in total. The third kappa shape index (κ3) is 6.52. The lowest BCUT2D eigenvalue weighted by molar-refractivity contribution is -0.895. The lowest BCUT2D eigenvalue weighted by Crippen LogP contribution is -3.15. The van der Waals surface area contributed by atoms with Gasteiger partial charge in [-0.3, -0.25) is 9.59 Å². The second-order valence-corrected chi connectivity index (χ2v) is 5.86. The molecular weight excluding hydrogens is 355 g/mol. The van der Waals surface area contributed by atoms with E-state index < -0.39 is 6.36 Å². The van der Waals surface area contributed by atoms with Crippen LogP contribution < -0.4 is 15.0 Å². The van der Waals surface area contributed by atoms with Crippen molar-refractivity contribution in [2.45, 2.75) is 6.36 Å². The number of alkyl halides is 3. The van der Waals surface area contributed by atoms with E-state index in [0.29, 0.717) is 31.9 Å². The van der Waals surface area contributed by atoms with E-state index in [4.69, 9.17) is 4.74 Å². The van der Waals surface area contributed by atoms with Crippen LogP contribution in [0.25, 0.3) is 0 Å². The second-order valence-electron chi connectivity index (χ2n) is 5.86. The van der Waals surface area contributed by atoms with Gasteiger partial charge in [-0.2, -0.15) is 0 Å². The van der Waals surface area contributed by atoms with Gasteiger partial charge in [0.05, 0.1) is 26.2 Å². The van der Waals surface area contributed by atoms with E-state index in [1.807, 2.05) is 0 Å². The number of anilines is 1. The van der Waals surface area contributed by atoms with Crippen LogP contribution in [-0.4, -0.2) is 69.5 Å². The summed E-state index contributed by atoms with van der Waals surface area (Å²) in [6.07, 6.45) is -4.75. The lowest BCUT2D eigenvalue weighted by atomic mass is 10.3. The molecule has 1 aromatic carbocycles. The third-order valence-corrected chi connectivity index (χ3v) is 3.87. The summed E-state index contributed by atoms with van der Waals surface area (Å²) in [7, 11) is 1.46. The molecule has 1 heterocycles. The van der Waals surface area contributed by atoms with Gasteiger partial charge in [0.2, 0.25) is 5.91 Å². The highest BCUT2D eigenvalue weighted by Crippen LogP contribution is 2.23. The SMILES string of the molecule is COCC(=O)N1CC[NH+](CC(=O)Nc2ccc(OC(F)(F)F)cc2)CC1. The average Bonchev–Trinajstić information content (AvgIpc) is 2.56. The number of hydrogen-bond acceptors (Lipinski definition) is 4. The Labute approximate surface area is 148 Å². The Balaban J connectivity index is 1.76. The Hall–Kier alpha value is -2.33. The molecule has 1 fully saturated rings. The van der Waals surface area contributed by atoms with Gasteiger partial charge in [-0.1, -0.05) is 0 Å². The van der Waals surface area contributed by atoms with E-state index in [-0.39, 0.29) is 30.7 Å². The van der Waals surface area contributed by atoms with Crippen molar-refractivity contribution in [2.24, 2.45) is 0 Å².